The van der Waals surface area contributed by atoms with Gasteiger partial charge < -0.3 is 15.5 Å². The Balaban J connectivity index is 1.52. The average molecular weight is 601 g/mol. The van der Waals surface area contributed by atoms with E-state index in [2.05, 4.69) is 25.4 Å². The largest absolute Gasteiger partial charge is 0.481 e. The standard InChI is InChI=1S/C29H31F3N6O3S/c1-16(2)38-14-19(12-35-38)17-9-18(11-20(10-17)36-26-33-8-6-23(37-26)29(30,31)32)22-13-34-25(42-22)28(41)7-5-21(24(39)40)27(3,4)15-28/h6,8-14,16,21,41H,5,7,15H2,1-4H3,(H,39,40)(H,33,36,37)/t21-,28-/m0/s1. The molecular weight excluding hydrogens is 569 g/mol. The lowest BCUT2D eigenvalue weighted by atomic mass is 9.63. The number of hydrogen-bond donors (Lipinski definition) is 3. The average Bonchev–Trinajstić information content (AvgIpc) is 3.59. The van der Waals surface area contributed by atoms with Gasteiger partial charge in [0.05, 0.1) is 17.0 Å². The molecule has 42 heavy (non-hydrogen) atoms. The fourth-order valence-electron chi connectivity index (χ4n) is 5.49. The number of hydrogen-bond acceptors (Lipinski definition) is 8. The van der Waals surface area contributed by atoms with Gasteiger partial charge in [0, 0.05) is 35.9 Å². The molecule has 4 aromatic rings. The number of benzene rings is 1. The highest BCUT2D eigenvalue weighted by Gasteiger charge is 2.49. The Hall–Kier alpha value is -3.84. The van der Waals surface area contributed by atoms with Crippen LogP contribution < -0.4 is 5.32 Å². The monoisotopic (exact) mass is 600 g/mol. The number of aliphatic hydroxyl groups is 1. The Kier molecular flexibility index (Phi) is 7.60. The van der Waals surface area contributed by atoms with E-state index in [0.717, 1.165) is 28.3 Å². The van der Waals surface area contributed by atoms with Gasteiger partial charge in [0.2, 0.25) is 5.95 Å². The Morgan fingerprint density at radius 3 is 2.52 bits per heavy atom. The maximum atomic E-state index is 13.3. The zero-order valence-corrected chi connectivity index (χ0v) is 24.3. The van der Waals surface area contributed by atoms with Crippen molar-refractivity contribution in [2.45, 2.75) is 64.8 Å². The van der Waals surface area contributed by atoms with Crippen LogP contribution in [-0.2, 0) is 16.6 Å². The maximum Gasteiger partial charge on any atom is 0.433 e. The van der Waals surface area contributed by atoms with Crippen molar-refractivity contribution in [1.29, 1.82) is 0 Å². The number of carboxylic acid groups (broad SMARTS) is 1. The maximum absolute atomic E-state index is 13.3. The molecule has 0 radical (unpaired) electrons. The van der Waals surface area contributed by atoms with E-state index in [1.165, 1.54) is 11.3 Å². The van der Waals surface area contributed by atoms with Crippen molar-refractivity contribution < 1.29 is 28.2 Å². The number of aromatic nitrogens is 5. The lowest BCUT2D eigenvalue weighted by molar-refractivity contribution is -0.154. The second kappa shape index (κ2) is 10.8. The van der Waals surface area contributed by atoms with Gasteiger partial charge >= 0.3 is 12.1 Å². The van der Waals surface area contributed by atoms with Gasteiger partial charge in [-0.2, -0.15) is 18.3 Å². The number of anilines is 2. The second-order valence-corrected chi connectivity index (χ2v) is 12.7. The van der Waals surface area contributed by atoms with Crippen LogP contribution in [0.4, 0.5) is 24.8 Å². The van der Waals surface area contributed by atoms with Crippen molar-refractivity contribution in [2.75, 3.05) is 5.32 Å². The van der Waals surface area contributed by atoms with Crippen LogP contribution in [0.1, 0.15) is 63.7 Å². The molecule has 0 saturated heterocycles. The first-order valence-corrected chi connectivity index (χ1v) is 14.2. The third kappa shape index (κ3) is 6.02. The Labute approximate surface area is 244 Å². The third-order valence-electron chi connectivity index (χ3n) is 7.62. The molecule has 1 aliphatic carbocycles. The summed E-state index contributed by atoms with van der Waals surface area (Å²) in [5, 5.41) is 29.0. The van der Waals surface area contributed by atoms with Crippen molar-refractivity contribution in [1.82, 2.24) is 24.7 Å². The number of halogens is 3. The molecule has 1 aromatic carbocycles. The molecule has 0 aliphatic heterocycles. The number of carbonyl (C=O) groups is 1. The molecule has 9 nitrogen and oxygen atoms in total. The van der Waals surface area contributed by atoms with E-state index in [1.807, 2.05) is 40.0 Å². The minimum absolute atomic E-state index is 0.128. The quantitative estimate of drug-likeness (QED) is 0.209. The molecule has 0 unspecified atom stereocenters. The van der Waals surface area contributed by atoms with Gasteiger partial charge in [-0.15, -0.1) is 11.3 Å². The first-order chi connectivity index (χ1) is 19.6. The van der Waals surface area contributed by atoms with Crippen molar-refractivity contribution in [2.24, 2.45) is 11.3 Å². The summed E-state index contributed by atoms with van der Waals surface area (Å²) in [6.45, 7) is 7.69. The molecule has 222 valence electrons. The Bertz CT molecular complexity index is 1620. The second-order valence-electron chi connectivity index (χ2n) is 11.6. The van der Waals surface area contributed by atoms with Crippen LogP contribution in [0.3, 0.4) is 0 Å². The predicted octanol–water partition coefficient (Wildman–Crippen LogP) is 6.91. The van der Waals surface area contributed by atoms with Crippen LogP contribution in [-0.4, -0.2) is 40.9 Å². The minimum atomic E-state index is -4.62. The van der Waals surface area contributed by atoms with E-state index in [1.54, 1.807) is 29.2 Å². The van der Waals surface area contributed by atoms with Crippen LogP contribution in [0.2, 0.25) is 0 Å². The normalized spacial score (nSPS) is 20.5. The Morgan fingerprint density at radius 1 is 1.14 bits per heavy atom. The fourth-order valence-corrected chi connectivity index (χ4v) is 6.51. The molecule has 0 bridgehead atoms. The number of nitrogens with one attached hydrogen (secondary N) is 1. The smallest absolute Gasteiger partial charge is 0.433 e. The SMILES string of the molecule is CC(C)n1cc(-c2cc(Nc3nccc(C(F)(F)F)n3)cc(-c3cnc([C@]4(O)CC[C@@H](C(=O)O)C(C)(C)C4)s3)c2)cn1. The van der Waals surface area contributed by atoms with E-state index in [0.29, 0.717) is 22.7 Å². The fraction of sp³-hybridized carbons (Fsp3) is 0.414. The number of rotatable bonds is 7. The molecule has 0 spiro atoms. The number of carboxylic acids is 1. The van der Waals surface area contributed by atoms with Crippen LogP contribution in [0.15, 0.2) is 49.1 Å². The van der Waals surface area contributed by atoms with Crippen LogP contribution >= 0.6 is 11.3 Å². The molecule has 1 saturated carbocycles. The summed E-state index contributed by atoms with van der Waals surface area (Å²) in [7, 11) is 0. The summed E-state index contributed by atoms with van der Waals surface area (Å²) < 4.78 is 41.6. The lowest BCUT2D eigenvalue weighted by Crippen LogP contribution is -2.44. The number of alkyl halides is 3. The van der Waals surface area contributed by atoms with Crippen LogP contribution in [0.25, 0.3) is 21.6 Å². The third-order valence-corrected chi connectivity index (χ3v) is 8.86. The van der Waals surface area contributed by atoms with Gasteiger partial charge in [0.15, 0.2) is 0 Å². The van der Waals surface area contributed by atoms with Gasteiger partial charge in [-0.05, 0) is 73.9 Å². The van der Waals surface area contributed by atoms with Gasteiger partial charge in [0.25, 0.3) is 0 Å². The number of nitrogens with zero attached hydrogens (tertiary/aromatic N) is 5. The number of thiazole rings is 1. The highest BCUT2D eigenvalue weighted by atomic mass is 32.1. The molecule has 13 heteroatoms. The van der Waals surface area contributed by atoms with Gasteiger partial charge in [-0.1, -0.05) is 13.8 Å². The van der Waals surface area contributed by atoms with Crippen LogP contribution in [0, 0.1) is 11.3 Å². The first-order valence-electron chi connectivity index (χ1n) is 13.4. The molecule has 5 rings (SSSR count). The summed E-state index contributed by atoms with van der Waals surface area (Å²) in [6, 6.07) is 6.39. The lowest BCUT2D eigenvalue weighted by Gasteiger charge is -2.44. The highest BCUT2D eigenvalue weighted by Crippen LogP contribution is 2.51. The predicted molar refractivity (Wildman–Crippen MR) is 152 cm³/mol. The first kappa shape index (κ1) is 29.6. The molecule has 2 atom stereocenters. The Morgan fingerprint density at radius 2 is 1.88 bits per heavy atom. The molecule has 1 aliphatic rings. The summed E-state index contributed by atoms with van der Waals surface area (Å²) in [5.74, 6) is -1.64. The van der Waals surface area contributed by atoms with Crippen LogP contribution in [0.5, 0.6) is 0 Å². The zero-order chi connectivity index (χ0) is 30.4. The summed E-state index contributed by atoms with van der Waals surface area (Å²) in [4.78, 5) is 24.6. The molecule has 3 aromatic heterocycles. The van der Waals surface area contributed by atoms with E-state index >= 15 is 0 Å². The van der Waals surface area contributed by atoms with E-state index in [-0.39, 0.29) is 24.8 Å². The van der Waals surface area contributed by atoms with E-state index < -0.39 is 34.8 Å². The molecule has 3 heterocycles. The van der Waals surface area contributed by atoms with Crippen molar-refractivity contribution in [3.8, 4) is 21.6 Å². The van der Waals surface area contributed by atoms with Gasteiger partial charge in [-0.3, -0.25) is 9.48 Å². The van der Waals surface area contributed by atoms with E-state index in [4.69, 9.17) is 0 Å². The molecular formula is C29H31F3N6O3S. The minimum Gasteiger partial charge on any atom is -0.481 e. The zero-order valence-electron chi connectivity index (χ0n) is 23.5. The number of aliphatic carboxylic acids is 1. The topological polar surface area (TPSA) is 126 Å². The van der Waals surface area contributed by atoms with Gasteiger partial charge in [0.1, 0.15) is 16.3 Å². The molecule has 0 amide bonds. The van der Waals surface area contributed by atoms with Gasteiger partial charge in [-0.25, -0.2) is 15.0 Å². The van der Waals surface area contributed by atoms with Crippen molar-refractivity contribution in [3.63, 3.8) is 0 Å². The highest BCUT2D eigenvalue weighted by molar-refractivity contribution is 7.15. The summed E-state index contributed by atoms with van der Waals surface area (Å²) >= 11 is 1.30. The van der Waals surface area contributed by atoms with Crippen molar-refractivity contribution in [3.05, 3.63) is 59.8 Å². The summed E-state index contributed by atoms with van der Waals surface area (Å²) in [6.07, 6.45) is 2.53. The molecule has 1 fully saturated rings. The molecule has 3 N–H and O–H groups in total. The van der Waals surface area contributed by atoms with E-state index in [9.17, 15) is 28.2 Å². The summed E-state index contributed by atoms with van der Waals surface area (Å²) in [5.41, 5.74) is -0.248. The van der Waals surface area contributed by atoms with Crippen molar-refractivity contribution >= 4 is 28.9 Å².